The van der Waals surface area contributed by atoms with Crippen molar-refractivity contribution in [3.8, 4) is 5.75 Å². The van der Waals surface area contributed by atoms with Crippen molar-refractivity contribution in [1.29, 1.82) is 0 Å². The van der Waals surface area contributed by atoms with Crippen LogP contribution in [-0.4, -0.2) is 55.7 Å². The molecule has 5 heteroatoms. The van der Waals surface area contributed by atoms with Crippen LogP contribution in [0.4, 0.5) is 0 Å². The van der Waals surface area contributed by atoms with Gasteiger partial charge in [0.25, 0.3) is 0 Å². The first-order chi connectivity index (χ1) is 13.1. The zero-order valence-corrected chi connectivity index (χ0v) is 16.7. The van der Waals surface area contributed by atoms with Crippen LogP contribution in [0.2, 0.25) is 0 Å². The van der Waals surface area contributed by atoms with Gasteiger partial charge in [0.1, 0.15) is 17.9 Å². The second kappa shape index (κ2) is 9.20. The zero-order chi connectivity index (χ0) is 19.2. The lowest BCUT2D eigenvalue weighted by molar-refractivity contribution is 0.120. The Hall–Kier alpha value is -2.11. The monoisotopic (exact) mass is 370 g/mol. The summed E-state index contributed by atoms with van der Waals surface area (Å²) in [7, 11) is 0. The summed E-state index contributed by atoms with van der Waals surface area (Å²) in [6.07, 6.45) is 2.83. The van der Waals surface area contributed by atoms with E-state index in [4.69, 9.17) is 9.15 Å². The molecule has 1 aliphatic rings. The topological polar surface area (TPSA) is 45.9 Å². The molecule has 0 atom stereocenters. The van der Waals surface area contributed by atoms with Gasteiger partial charge in [0.05, 0.1) is 0 Å². The lowest BCUT2D eigenvalue weighted by Gasteiger charge is -2.33. The van der Waals surface area contributed by atoms with Gasteiger partial charge in [-0.15, -0.1) is 0 Å². The SMILES string of the molecule is CCN1CCN(CCOc2ccc3ccc(=O)oc3c2CC=C(C)C)CC1. The second-order valence-electron chi connectivity index (χ2n) is 7.32. The molecule has 0 radical (unpaired) electrons. The van der Waals surface area contributed by atoms with Gasteiger partial charge in [-0.3, -0.25) is 4.90 Å². The van der Waals surface area contributed by atoms with Gasteiger partial charge in [0.15, 0.2) is 0 Å². The summed E-state index contributed by atoms with van der Waals surface area (Å²) in [5.74, 6) is 0.807. The molecule has 1 aliphatic heterocycles. The van der Waals surface area contributed by atoms with Crippen molar-refractivity contribution in [2.24, 2.45) is 0 Å². The van der Waals surface area contributed by atoms with Crippen LogP contribution in [0.3, 0.4) is 0 Å². The molecule has 5 nitrogen and oxygen atoms in total. The first kappa shape index (κ1) is 19.6. The summed E-state index contributed by atoms with van der Waals surface area (Å²) >= 11 is 0. The summed E-state index contributed by atoms with van der Waals surface area (Å²) in [4.78, 5) is 16.6. The van der Waals surface area contributed by atoms with E-state index in [1.54, 1.807) is 0 Å². The maximum Gasteiger partial charge on any atom is 0.336 e. The number of benzene rings is 1. The molecule has 1 fully saturated rings. The summed E-state index contributed by atoms with van der Waals surface area (Å²) in [6, 6.07) is 7.22. The molecule has 0 unspecified atom stereocenters. The number of hydrogen-bond acceptors (Lipinski definition) is 5. The molecule has 1 aromatic heterocycles. The molecule has 0 aliphatic carbocycles. The van der Waals surface area contributed by atoms with Crippen LogP contribution in [0, 0.1) is 0 Å². The van der Waals surface area contributed by atoms with Crippen molar-refractivity contribution in [2.45, 2.75) is 27.2 Å². The van der Waals surface area contributed by atoms with Gasteiger partial charge >= 0.3 is 5.63 Å². The Bertz CT molecular complexity index is 844. The van der Waals surface area contributed by atoms with Gasteiger partial charge < -0.3 is 14.1 Å². The fraction of sp³-hybridized carbons (Fsp3) is 0.500. The van der Waals surface area contributed by atoms with E-state index in [0.29, 0.717) is 18.6 Å². The van der Waals surface area contributed by atoms with E-state index in [2.05, 4.69) is 36.6 Å². The van der Waals surface area contributed by atoms with Crippen LogP contribution in [0.25, 0.3) is 11.0 Å². The predicted octanol–water partition coefficient (Wildman–Crippen LogP) is 3.32. The van der Waals surface area contributed by atoms with Crippen molar-refractivity contribution in [3.05, 3.63) is 51.9 Å². The highest BCUT2D eigenvalue weighted by atomic mass is 16.5. The molecule has 0 amide bonds. The van der Waals surface area contributed by atoms with Crippen molar-refractivity contribution in [1.82, 2.24) is 9.80 Å². The standard InChI is InChI=1S/C22H30N2O3/c1-4-23-11-13-24(14-12-23)15-16-26-20-9-6-18-7-10-21(25)27-22(18)19(20)8-5-17(2)3/h5-7,9-10H,4,8,11-16H2,1-3H3. The van der Waals surface area contributed by atoms with E-state index in [0.717, 1.165) is 56.0 Å². The van der Waals surface area contributed by atoms with E-state index in [9.17, 15) is 4.79 Å². The first-order valence-electron chi connectivity index (χ1n) is 9.83. The van der Waals surface area contributed by atoms with Crippen LogP contribution in [0.1, 0.15) is 26.3 Å². The molecule has 3 rings (SSSR count). The number of rotatable bonds is 7. The highest BCUT2D eigenvalue weighted by Gasteiger charge is 2.16. The van der Waals surface area contributed by atoms with Crippen molar-refractivity contribution in [2.75, 3.05) is 45.9 Å². The quantitative estimate of drug-likeness (QED) is 0.553. The van der Waals surface area contributed by atoms with Gasteiger partial charge in [-0.2, -0.15) is 0 Å². The molecule has 1 saturated heterocycles. The maximum absolute atomic E-state index is 11.7. The van der Waals surface area contributed by atoms with E-state index in [-0.39, 0.29) is 5.63 Å². The molecule has 0 N–H and O–H groups in total. The number of ether oxygens (including phenoxy) is 1. The van der Waals surface area contributed by atoms with Crippen LogP contribution >= 0.6 is 0 Å². The maximum atomic E-state index is 11.7. The smallest absolute Gasteiger partial charge is 0.336 e. The largest absolute Gasteiger partial charge is 0.492 e. The Morgan fingerprint density at radius 1 is 1.11 bits per heavy atom. The van der Waals surface area contributed by atoms with E-state index in [1.165, 1.54) is 11.6 Å². The molecule has 27 heavy (non-hydrogen) atoms. The first-order valence-corrected chi connectivity index (χ1v) is 9.83. The average Bonchev–Trinajstić information content (AvgIpc) is 2.67. The number of likely N-dealkylation sites (N-methyl/N-ethyl adjacent to an activating group) is 1. The van der Waals surface area contributed by atoms with Gasteiger partial charge in [-0.05, 0) is 45.0 Å². The summed E-state index contributed by atoms with van der Waals surface area (Å²) < 4.78 is 11.6. The molecule has 0 bridgehead atoms. The predicted molar refractivity (Wildman–Crippen MR) is 110 cm³/mol. The third-order valence-corrected chi connectivity index (χ3v) is 5.14. The fourth-order valence-electron chi connectivity index (χ4n) is 3.42. The van der Waals surface area contributed by atoms with Gasteiger partial charge in [-0.1, -0.05) is 18.6 Å². The molecule has 0 saturated carbocycles. The molecule has 1 aromatic carbocycles. The van der Waals surface area contributed by atoms with Crippen LogP contribution in [-0.2, 0) is 6.42 Å². The van der Waals surface area contributed by atoms with E-state index in [1.807, 2.05) is 18.2 Å². The Labute approximate surface area is 161 Å². The highest BCUT2D eigenvalue weighted by Crippen LogP contribution is 2.28. The normalized spacial score (nSPS) is 15.8. The Morgan fingerprint density at radius 3 is 2.52 bits per heavy atom. The summed E-state index contributed by atoms with van der Waals surface area (Å²) in [5.41, 5.74) is 2.48. The molecule has 2 aromatic rings. The Balaban J connectivity index is 1.72. The average molecular weight is 370 g/mol. The number of piperazine rings is 1. The zero-order valence-electron chi connectivity index (χ0n) is 16.7. The minimum absolute atomic E-state index is 0.327. The lowest BCUT2D eigenvalue weighted by Crippen LogP contribution is -2.47. The van der Waals surface area contributed by atoms with Crippen molar-refractivity contribution in [3.63, 3.8) is 0 Å². The molecule has 2 heterocycles. The van der Waals surface area contributed by atoms with E-state index >= 15 is 0 Å². The van der Waals surface area contributed by atoms with Crippen molar-refractivity contribution >= 4 is 11.0 Å². The molecular formula is C22H30N2O3. The summed E-state index contributed by atoms with van der Waals surface area (Å²) in [5, 5.41) is 0.926. The van der Waals surface area contributed by atoms with Crippen LogP contribution in [0.5, 0.6) is 5.75 Å². The Kier molecular flexibility index (Phi) is 6.69. The van der Waals surface area contributed by atoms with Gasteiger partial charge in [0.2, 0.25) is 0 Å². The minimum atomic E-state index is -0.327. The highest BCUT2D eigenvalue weighted by molar-refractivity contribution is 5.82. The summed E-state index contributed by atoms with van der Waals surface area (Å²) in [6.45, 7) is 13.5. The molecule has 146 valence electrons. The van der Waals surface area contributed by atoms with Gasteiger partial charge in [0, 0.05) is 49.7 Å². The van der Waals surface area contributed by atoms with E-state index < -0.39 is 0 Å². The van der Waals surface area contributed by atoms with Gasteiger partial charge in [-0.25, -0.2) is 4.79 Å². The van der Waals surface area contributed by atoms with Crippen molar-refractivity contribution < 1.29 is 9.15 Å². The third kappa shape index (κ3) is 5.21. The lowest BCUT2D eigenvalue weighted by atomic mass is 10.1. The van der Waals surface area contributed by atoms with Crippen LogP contribution < -0.4 is 10.4 Å². The number of fused-ring (bicyclic) bond motifs is 1. The molecular weight excluding hydrogens is 340 g/mol. The number of nitrogens with zero attached hydrogens (tertiary/aromatic N) is 2. The third-order valence-electron chi connectivity index (χ3n) is 5.14. The van der Waals surface area contributed by atoms with Crippen LogP contribution in [0.15, 0.2) is 45.1 Å². The Morgan fingerprint density at radius 2 is 1.81 bits per heavy atom. The minimum Gasteiger partial charge on any atom is -0.492 e. The number of allylic oxidation sites excluding steroid dienone is 2. The number of hydrogen-bond donors (Lipinski definition) is 0. The second-order valence-corrected chi connectivity index (χ2v) is 7.32. The molecule has 0 spiro atoms. The fourth-order valence-corrected chi connectivity index (χ4v) is 3.42.